The number of carbonyl (C=O) groups is 2. The number of carbonyl (C=O) groups excluding carboxylic acids is 2. The summed E-state index contributed by atoms with van der Waals surface area (Å²) < 4.78 is 5.88. The van der Waals surface area contributed by atoms with E-state index in [9.17, 15) is 9.59 Å². The van der Waals surface area contributed by atoms with Crippen molar-refractivity contribution >= 4 is 40.1 Å². The lowest BCUT2D eigenvalue weighted by Crippen LogP contribution is -2.33. The molecule has 6 heteroatoms. The number of halogens is 1. The average Bonchev–Trinajstić information content (AvgIpc) is 2.54. The van der Waals surface area contributed by atoms with Gasteiger partial charge < -0.3 is 15.4 Å². The molecule has 0 heterocycles. The summed E-state index contributed by atoms with van der Waals surface area (Å²) in [5, 5.41) is 5.31. The van der Waals surface area contributed by atoms with Crippen LogP contribution in [0.1, 0.15) is 10.4 Å². The summed E-state index contributed by atoms with van der Waals surface area (Å²) in [5.41, 5.74) is 1.20. The van der Waals surface area contributed by atoms with Crippen LogP contribution in [0.15, 0.2) is 48.5 Å². The van der Waals surface area contributed by atoms with Gasteiger partial charge in [0.05, 0.1) is 19.2 Å². The summed E-state index contributed by atoms with van der Waals surface area (Å²) in [7, 11) is 1.58. The molecule has 0 aromatic heterocycles. The van der Waals surface area contributed by atoms with Crippen LogP contribution in [0.4, 0.5) is 5.69 Å². The van der Waals surface area contributed by atoms with Crippen molar-refractivity contribution in [3.63, 3.8) is 0 Å². The van der Waals surface area contributed by atoms with Crippen LogP contribution in [0.3, 0.4) is 0 Å². The standard InChI is InChI=1S/C16H15IN2O3/c1-22-12-8-6-11(7-9-12)19-15(20)10-18-16(21)13-4-2-3-5-14(13)17/h2-9H,10H2,1H3,(H,18,21)(H,19,20). The molecule has 2 amide bonds. The molecule has 0 atom stereocenters. The van der Waals surface area contributed by atoms with Crippen LogP contribution < -0.4 is 15.4 Å². The van der Waals surface area contributed by atoms with Gasteiger partial charge in [0.25, 0.3) is 5.91 Å². The lowest BCUT2D eigenvalue weighted by atomic mass is 10.2. The van der Waals surface area contributed by atoms with Gasteiger partial charge in [-0.05, 0) is 59.0 Å². The quantitative estimate of drug-likeness (QED) is 0.745. The summed E-state index contributed by atoms with van der Waals surface area (Å²) >= 11 is 2.08. The lowest BCUT2D eigenvalue weighted by molar-refractivity contribution is -0.115. The smallest absolute Gasteiger partial charge is 0.252 e. The molecule has 0 spiro atoms. The summed E-state index contributed by atoms with van der Waals surface area (Å²) in [6, 6.07) is 14.2. The van der Waals surface area contributed by atoms with Crippen molar-refractivity contribution < 1.29 is 14.3 Å². The Bertz CT molecular complexity index is 671. The third-order valence-electron chi connectivity index (χ3n) is 2.90. The molecule has 2 aromatic carbocycles. The number of benzene rings is 2. The zero-order valence-electron chi connectivity index (χ0n) is 11.9. The molecule has 0 saturated heterocycles. The fourth-order valence-electron chi connectivity index (χ4n) is 1.78. The summed E-state index contributed by atoms with van der Waals surface area (Å²) in [5.74, 6) is 0.157. The third kappa shape index (κ3) is 4.45. The Kier molecular flexibility index (Phi) is 5.76. The van der Waals surface area contributed by atoms with Crippen LogP contribution in [-0.4, -0.2) is 25.5 Å². The van der Waals surface area contributed by atoms with Gasteiger partial charge in [0.2, 0.25) is 5.91 Å². The van der Waals surface area contributed by atoms with E-state index < -0.39 is 0 Å². The highest BCUT2D eigenvalue weighted by Crippen LogP contribution is 2.15. The van der Waals surface area contributed by atoms with E-state index in [0.29, 0.717) is 17.0 Å². The number of ether oxygens (including phenoxy) is 1. The zero-order valence-corrected chi connectivity index (χ0v) is 14.1. The fourth-order valence-corrected chi connectivity index (χ4v) is 2.41. The molecule has 2 rings (SSSR count). The van der Waals surface area contributed by atoms with Crippen molar-refractivity contribution in [3.05, 3.63) is 57.7 Å². The zero-order chi connectivity index (χ0) is 15.9. The van der Waals surface area contributed by atoms with E-state index in [0.717, 1.165) is 3.57 Å². The molecule has 0 aliphatic heterocycles. The number of methoxy groups -OCH3 is 1. The summed E-state index contributed by atoms with van der Waals surface area (Å²) in [6.45, 7) is -0.0875. The van der Waals surface area contributed by atoms with Gasteiger partial charge in [-0.1, -0.05) is 12.1 Å². The minimum Gasteiger partial charge on any atom is -0.497 e. The van der Waals surface area contributed by atoms with E-state index in [1.54, 1.807) is 43.5 Å². The van der Waals surface area contributed by atoms with Gasteiger partial charge in [-0.25, -0.2) is 0 Å². The first-order valence-electron chi connectivity index (χ1n) is 6.57. The largest absolute Gasteiger partial charge is 0.497 e. The van der Waals surface area contributed by atoms with Crippen molar-refractivity contribution in [1.29, 1.82) is 0 Å². The highest BCUT2D eigenvalue weighted by Gasteiger charge is 2.10. The maximum atomic E-state index is 12.0. The number of nitrogens with one attached hydrogen (secondary N) is 2. The Hall–Kier alpha value is -2.09. The van der Waals surface area contributed by atoms with Gasteiger partial charge in [-0.15, -0.1) is 0 Å². The van der Waals surface area contributed by atoms with Crippen molar-refractivity contribution in [1.82, 2.24) is 5.32 Å². The summed E-state index contributed by atoms with van der Waals surface area (Å²) in [6.07, 6.45) is 0. The van der Waals surface area contributed by atoms with Gasteiger partial charge in [0, 0.05) is 9.26 Å². The Balaban J connectivity index is 1.87. The molecule has 0 fully saturated rings. The van der Waals surface area contributed by atoms with Gasteiger partial charge in [-0.2, -0.15) is 0 Å². The van der Waals surface area contributed by atoms with Crippen LogP contribution in [0.5, 0.6) is 5.75 Å². The van der Waals surface area contributed by atoms with Gasteiger partial charge >= 0.3 is 0 Å². The lowest BCUT2D eigenvalue weighted by Gasteiger charge is -2.08. The van der Waals surface area contributed by atoms with Crippen LogP contribution in [0, 0.1) is 3.57 Å². The second-order valence-electron chi connectivity index (χ2n) is 4.44. The maximum absolute atomic E-state index is 12.0. The highest BCUT2D eigenvalue weighted by atomic mass is 127. The van der Waals surface area contributed by atoms with Crippen molar-refractivity contribution in [2.75, 3.05) is 19.0 Å². The predicted molar refractivity (Wildman–Crippen MR) is 93.1 cm³/mol. The van der Waals surface area contributed by atoms with E-state index in [4.69, 9.17) is 4.74 Å². The fraction of sp³-hybridized carbons (Fsp3) is 0.125. The van der Waals surface area contributed by atoms with Gasteiger partial charge in [0.1, 0.15) is 5.75 Å². The molecule has 2 aromatic rings. The maximum Gasteiger partial charge on any atom is 0.252 e. The second kappa shape index (κ2) is 7.79. The first-order valence-corrected chi connectivity index (χ1v) is 7.64. The number of hydrogen-bond acceptors (Lipinski definition) is 3. The predicted octanol–water partition coefficient (Wildman–Crippen LogP) is 2.67. The molecular formula is C16H15IN2O3. The number of hydrogen-bond donors (Lipinski definition) is 2. The Labute approximate surface area is 142 Å². The van der Waals surface area contributed by atoms with Crippen LogP contribution in [-0.2, 0) is 4.79 Å². The van der Waals surface area contributed by atoms with Crippen LogP contribution >= 0.6 is 22.6 Å². The third-order valence-corrected chi connectivity index (χ3v) is 3.84. The van der Waals surface area contributed by atoms with Crippen molar-refractivity contribution in [2.45, 2.75) is 0 Å². The Morgan fingerprint density at radius 3 is 2.41 bits per heavy atom. The van der Waals surface area contributed by atoms with Gasteiger partial charge in [-0.3, -0.25) is 9.59 Å². The molecule has 0 aliphatic rings. The molecule has 0 saturated carbocycles. The molecule has 0 aliphatic carbocycles. The number of amides is 2. The molecular weight excluding hydrogens is 395 g/mol. The van der Waals surface area contributed by atoms with Crippen molar-refractivity contribution in [3.8, 4) is 5.75 Å². The molecule has 0 radical (unpaired) electrons. The van der Waals surface area contributed by atoms with E-state index in [2.05, 4.69) is 33.2 Å². The normalized spacial score (nSPS) is 9.91. The highest BCUT2D eigenvalue weighted by molar-refractivity contribution is 14.1. The van der Waals surface area contributed by atoms with E-state index in [1.165, 1.54) is 0 Å². The topological polar surface area (TPSA) is 67.4 Å². The Morgan fingerprint density at radius 2 is 1.77 bits per heavy atom. The second-order valence-corrected chi connectivity index (χ2v) is 5.60. The van der Waals surface area contributed by atoms with Crippen LogP contribution in [0.2, 0.25) is 0 Å². The van der Waals surface area contributed by atoms with E-state index in [1.807, 2.05) is 12.1 Å². The van der Waals surface area contributed by atoms with Gasteiger partial charge in [0.15, 0.2) is 0 Å². The molecule has 0 bridgehead atoms. The first kappa shape index (κ1) is 16.3. The monoisotopic (exact) mass is 410 g/mol. The number of rotatable bonds is 5. The molecule has 2 N–H and O–H groups in total. The van der Waals surface area contributed by atoms with E-state index >= 15 is 0 Å². The van der Waals surface area contributed by atoms with E-state index in [-0.39, 0.29) is 18.4 Å². The minimum atomic E-state index is -0.288. The van der Waals surface area contributed by atoms with Crippen molar-refractivity contribution in [2.24, 2.45) is 0 Å². The average molecular weight is 410 g/mol. The Morgan fingerprint density at radius 1 is 1.09 bits per heavy atom. The molecule has 0 unspecified atom stereocenters. The summed E-state index contributed by atoms with van der Waals surface area (Å²) in [4.78, 5) is 23.8. The SMILES string of the molecule is COc1ccc(NC(=O)CNC(=O)c2ccccc2I)cc1. The minimum absolute atomic E-state index is 0.0875. The number of anilines is 1. The molecule has 22 heavy (non-hydrogen) atoms. The molecule has 5 nitrogen and oxygen atoms in total. The van der Waals surface area contributed by atoms with Crippen LogP contribution in [0.25, 0.3) is 0 Å². The first-order chi connectivity index (χ1) is 10.6. The molecule has 114 valence electrons.